The van der Waals surface area contributed by atoms with Gasteiger partial charge in [-0.3, -0.25) is 9.59 Å². The van der Waals surface area contributed by atoms with Crippen molar-refractivity contribution in [2.24, 2.45) is 0 Å². The minimum absolute atomic E-state index is 0.186. The fourth-order valence-corrected chi connectivity index (χ4v) is 4.37. The number of nitrogens with zero attached hydrogens (tertiary/aromatic N) is 1. The molecule has 0 aliphatic carbocycles. The zero-order valence-corrected chi connectivity index (χ0v) is 18.5. The molecule has 2 amide bonds. The first-order valence-electron chi connectivity index (χ1n) is 10.5. The highest BCUT2D eigenvalue weighted by molar-refractivity contribution is 8.04. The number of anilines is 2. The van der Waals surface area contributed by atoms with Crippen molar-refractivity contribution in [2.75, 3.05) is 10.2 Å². The van der Waals surface area contributed by atoms with Gasteiger partial charge in [0.25, 0.3) is 11.8 Å². The van der Waals surface area contributed by atoms with E-state index in [-0.39, 0.29) is 17.4 Å². The Morgan fingerprint density at radius 3 is 2.22 bits per heavy atom. The van der Waals surface area contributed by atoms with Gasteiger partial charge in [0, 0.05) is 10.6 Å². The lowest BCUT2D eigenvalue weighted by Crippen LogP contribution is -2.32. The molecule has 0 unspecified atom stereocenters. The summed E-state index contributed by atoms with van der Waals surface area (Å²) in [6, 6.07) is 22.7. The Bertz CT molecular complexity index is 1140. The van der Waals surface area contributed by atoms with Crippen LogP contribution in [0.2, 0.25) is 0 Å². The summed E-state index contributed by atoms with van der Waals surface area (Å²) < 4.78 is 13.3. The van der Waals surface area contributed by atoms with Crippen LogP contribution in [0.3, 0.4) is 0 Å². The number of rotatable bonds is 8. The number of carbonyl (C=O) groups excluding carboxylic acids is 2. The summed E-state index contributed by atoms with van der Waals surface area (Å²) in [4.78, 5) is 29.0. The molecule has 1 aliphatic heterocycles. The number of amides is 2. The van der Waals surface area contributed by atoms with E-state index in [1.165, 1.54) is 46.5 Å². The second-order valence-corrected chi connectivity index (χ2v) is 8.55. The van der Waals surface area contributed by atoms with Gasteiger partial charge < -0.3 is 5.32 Å². The summed E-state index contributed by atoms with van der Waals surface area (Å²) in [5, 5.41) is 3.04. The number of unbranched alkanes of at least 4 members (excludes halogenated alkanes) is 1. The van der Waals surface area contributed by atoms with E-state index in [0.29, 0.717) is 16.3 Å². The van der Waals surface area contributed by atoms with Gasteiger partial charge in [-0.05, 0) is 66.9 Å². The van der Waals surface area contributed by atoms with Crippen molar-refractivity contribution in [2.45, 2.75) is 31.1 Å². The molecule has 4 rings (SSSR count). The van der Waals surface area contributed by atoms with Gasteiger partial charge in [-0.15, -0.1) is 0 Å². The van der Waals surface area contributed by atoms with Crippen molar-refractivity contribution < 1.29 is 14.0 Å². The number of imide groups is 1. The summed E-state index contributed by atoms with van der Waals surface area (Å²) in [5.74, 6) is -1.18. The molecule has 0 bridgehead atoms. The van der Waals surface area contributed by atoms with Crippen molar-refractivity contribution in [1.29, 1.82) is 0 Å². The van der Waals surface area contributed by atoms with Crippen LogP contribution in [0.5, 0.6) is 0 Å². The molecular weight excluding hydrogens is 423 g/mol. The second kappa shape index (κ2) is 9.83. The summed E-state index contributed by atoms with van der Waals surface area (Å²) in [7, 11) is 0. The maximum atomic E-state index is 13.4. The van der Waals surface area contributed by atoms with Crippen LogP contribution in [0, 0.1) is 5.82 Å². The zero-order valence-electron chi connectivity index (χ0n) is 17.7. The number of halogens is 1. The summed E-state index contributed by atoms with van der Waals surface area (Å²) in [6.07, 6.45) is 3.16. The number of hydrogen-bond donors (Lipinski definition) is 1. The molecule has 0 atom stereocenters. The number of nitrogens with one attached hydrogen (secondary N) is 1. The van der Waals surface area contributed by atoms with Crippen LogP contribution in [0.4, 0.5) is 15.8 Å². The first-order chi connectivity index (χ1) is 15.6. The minimum atomic E-state index is -0.431. The Morgan fingerprint density at radius 1 is 0.875 bits per heavy atom. The summed E-state index contributed by atoms with van der Waals surface area (Å²) >= 11 is 1.24. The number of thioether (sulfide) groups is 1. The highest BCUT2D eigenvalue weighted by Crippen LogP contribution is 2.37. The highest BCUT2D eigenvalue weighted by atomic mass is 32.2. The van der Waals surface area contributed by atoms with Crippen LogP contribution in [0.15, 0.2) is 94.4 Å². The summed E-state index contributed by atoms with van der Waals surface area (Å²) in [5.41, 5.74) is 2.42. The molecule has 3 aromatic rings. The van der Waals surface area contributed by atoms with Crippen molar-refractivity contribution in [3.05, 3.63) is 101 Å². The van der Waals surface area contributed by atoms with Gasteiger partial charge in [-0.25, -0.2) is 9.29 Å². The van der Waals surface area contributed by atoms with Crippen molar-refractivity contribution in [3.8, 4) is 0 Å². The molecular formula is C26H23FN2O2S. The molecule has 1 N–H and O–H groups in total. The van der Waals surface area contributed by atoms with Gasteiger partial charge in [-0.2, -0.15) is 0 Å². The Balaban J connectivity index is 1.66. The van der Waals surface area contributed by atoms with Crippen molar-refractivity contribution >= 4 is 35.0 Å². The van der Waals surface area contributed by atoms with E-state index in [1.807, 2.05) is 54.6 Å². The predicted molar refractivity (Wildman–Crippen MR) is 127 cm³/mol. The van der Waals surface area contributed by atoms with Gasteiger partial charge >= 0.3 is 0 Å². The average molecular weight is 447 g/mol. The standard InChI is InChI=1S/C26H23FN2O2S/c1-2-3-7-18-10-16-21(17-11-18)29-25(30)23(28-20-14-12-19(27)13-15-20)24(26(29)31)32-22-8-5-4-6-9-22/h4-6,8-17,28H,2-3,7H2,1H3. The highest BCUT2D eigenvalue weighted by Gasteiger charge is 2.40. The molecule has 3 aromatic carbocycles. The van der Waals surface area contributed by atoms with Gasteiger partial charge in [0.05, 0.1) is 5.69 Å². The quantitative estimate of drug-likeness (QED) is 0.421. The monoisotopic (exact) mass is 446 g/mol. The van der Waals surface area contributed by atoms with E-state index in [9.17, 15) is 14.0 Å². The Hall–Kier alpha value is -3.38. The molecule has 162 valence electrons. The normalized spacial score (nSPS) is 13.8. The molecule has 6 heteroatoms. The molecule has 32 heavy (non-hydrogen) atoms. The summed E-state index contributed by atoms with van der Waals surface area (Å²) in [6.45, 7) is 2.14. The minimum Gasteiger partial charge on any atom is -0.350 e. The largest absolute Gasteiger partial charge is 0.350 e. The van der Waals surface area contributed by atoms with Gasteiger partial charge in [-0.1, -0.05) is 55.4 Å². The van der Waals surface area contributed by atoms with Crippen LogP contribution in [0.25, 0.3) is 0 Å². The maximum absolute atomic E-state index is 13.4. The average Bonchev–Trinajstić information content (AvgIpc) is 3.04. The van der Waals surface area contributed by atoms with Crippen LogP contribution < -0.4 is 10.2 Å². The molecule has 1 aliphatic rings. The molecule has 4 nitrogen and oxygen atoms in total. The first kappa shape index (κ1) is 21.8. The van der Waals surface area contributed by atoms with Gasteiger partial charge in [0.1, 0.15) is 16.4 Å². The molecule has 0 spiro atoms. The van der Waals surface area contributed by atoms with Crippen LogP contribution >= 0.6 is 11.8 Å². The third kappa shape index (κ3) is 4.75. The topological polar surface area (TPSA) is 49.4 Å². The Kier molecular flexibility index (Phi) is 6.71. The van der Waals surface area contributed by atoms with E-state index in [1.54, 1.807) is 0 Å². The van der Waals surface area contributed by atoms with Crippen molar-refractivity contribution in [3.63, 3.8) is 0 Å². The number of aryl methyl sites for hydroxylation is 1. The Labute approximate surface area is 191 Å². The van der Waals surface area contributed by atoms with E-state index >= 15 is 0 Å². The number of carbonyl (C=O) groups is 2. The molecule has 0 aromatic heterocycles. The van der Waals surface area contributed by atoms with E-state index in [0.717, 1.165) is 24.2 Å². The lowest BCUT2D eigenvalue weighted by molar-refractivity contribution is -0.120. The van der Waals surface area contributed by atoms with E-state index in [2.05, 4.69) is 12.2 Å². The molecule has 0 fully saturated rings. The molecule has 1 heterocycles. The molecule has 0 saturated heterocycles. The third-order valence-electron chi connectivity index (χ3n) is 5.13. The van der Waals surface area contributed by atoms with Crippen LogP contribution in [-0.4, -0.2) is 11.8 Å². The van der Waals surface area contributed by atoms with E-state index < -0.39 is 5.91 Å². The number of benzene rings is 3. The second-order valence-electron chi connectivity index (χ2n) is 7.47. The third-order valence-corrected chi connectivity index (χ3v) is 6.22. The molecule has 0 saturated carbocycles. The van der Waals surface area contributed by atoms with Crippen LogP contribution in [0.1, 0.15) is 25.3 Å². The van der Waals surface area contributed by atoms with E-state index in [4.69, 9.17) is 0 Å². The van der Waals surface area contributed by atoms with Crippen LogP contribution in [-0.2, 0) is 16.0 Å². The lowest BCUT2D eigenvalue weighted by Gasteiger charge is -2.16. The van der Waals surface area contributed by atoms with Crippen molar-refractivity contribution in [1.82, 2.24) is 0 Å². The maximum Gasteiger partial charge on any atom is 0.283 e. The van der Waals surface area contributed by atoms with Gasteiger partial charge in [0.15, 0.2) is 0 Å². The fourth-order valence-electron chi connectivity index (χ4n) is 3.43. The fraction of sp³-hybridized carbons (Fsp3) is 0.154. The first-order valence-corrected chi connectivity index (χ1v) is 11.4. The predicted octanol–water partition coefficient (Wildman–Crippen LogP) is 6.16. The zero-order chi connectivity index (χ0) is 22.5. The SMILES string of the molecule is CCCCc1ccc(N2C(=O)C(Nc3ccc(F)cc3)=C(Sc3ccccc3)C2=O)cc1. The lowest BCUT2D eigenvalue weighted by atomic mass is 10.1. The molecule has 0 radical (unpaired) electrons. The Morgan fingerprint density at radius 2 is 1.56 bits per heavy atom. The number of hydrogen-bond acceptors (Lipinski definition) is 4. The van der Waals surface area contributed by atoms with Gasteiger partial charge in [0.2, 0.25) is 0 Å². The smallest absolute Gasteiger partial charge is 0.283 e.